The Hall–Kier alpha value is -0.960. The molecule has 0 aliphatic rings. The molecule has 128 valence electrons. The summed E-state index contributed by atoms with van der Waals surface area (Å²) in [5, 5.41) is 0. The Labute approximate surface area is 134 Å². The first-order valence-corrected chi connectivity index (χ1v) is 10.5. The third kappa shape index (κ3) is 5.35. The van der Waals surface area contributed by atoms with Crippen LogP contribution in [-0.4, -0.2) is 51.6 Å². The van der Waals surface area contributed by atoms with Gasteiger partial charge in [-0.05, 0) is 6.42 Å². The Kier molecular flexibility index (Phi) is 9.50. The highest BCUT2D eigenvalue weighted by Gasteiger charge is 2.39. The van der Waals surface area contributed by atoms with Crippen LogP contribution in [0.3, 0.4) is 0 Å². The minimum absolute atomic E-state index is 0.0404. The van der Waals surface area contributed by atoms with E-state index in [4.69, 9.17) is 0 Å². The van der Waals surface area contributed by atoms with Crippen LogP contribution < -0.4 is 0 Å². The monoisotopic (exact) mass is 350 g/mol. The summed E-state index contributed by atoms with van der Waals surface area (Å²) in [7, 11) is -9.06. The fourth-order valence-electron chi connectivity index (χ4n) is 1.79. The normalized spacial score (nSPS) is 12.5. The summed E-state index contributed by atoms with van der Waals surface area (Å²) in [6.07, 6.45) is 6.39. The molecule has 0 bridgehead atoms. The lowest BCUT2D eigenvalue weighted by atomic mass is 10.2. The highest BCUT2D eigenvalue weighted by atomic mass is 33.2. The maximum Gasteiger partial charge on any atom is 0.334 e. The minimum Gasteiger partial charge on any atom is -0.194 e. The zero-order valence-corrected chi connectivity index (χ0v) is 14.8. The Bertz CT molecular complexity index is 558. The standard InChI is InChI=1S/C14H26N2O4S2/c1-5-9-10-14-16(13-8-4)22(19,20)21(17,18)15(11-6-2)12-7-3/h6-8H,2-5,9-14H2,1H3. The number of nitrogens with zero attached hydrogens (tertiary/aromatic N) is 2. The molecular weight excluding hydrogens is 324 g/mol. The van der Waals surface area contributed by atoms with E-state index in [2.05, 4.69) is 19.7 Å². The Morgan fingerprint density at radius 1 is 0.773 bits per heavy atom. The molecule has 0 aromatic carbocycles. The van der Waals surface area contributed by atoms with Crippen molar-refractivity contribution in [1.29, 1.82) is 0 Å². The molecule has 0 N–H and O–H groups in total. The number of hydrogen-bond donors (Lipinski definition) is 0. The number of unbranched alkanes of at least 4 members (excludes halogenated alkanes) is 2. The van der Waals surface area contributed by atoms with Gasteiger partial charge in [-0.3, -0.25) is 0 Å². The molecule has 22 heavy (non-hydrogen) atoms. The molecule has 0 aliphatic heterocycles. The van der Waals surface area contributed by atoms with E-state index < -0.39 is 18.1 Å². The molecule has 0 fully saturated rings. The van der Waals surface area contributed by atoms with E-state index in [0.29, 0.717) is 6.42 Å². The molecule has 0 aromatic rings. The van der Waals surface area contributed by atoms with Crippen molar-refractivity contribution in [3.8, 4) is 0 Å². The van der Waals surface area contributed by atoms with Crippen molar-refractivity contribution in [2.24, 2.45) is 0 Å². The summed E-state index contributed by atoms with van der Waals surface area (Å²) in [4.78, 5) is 0. The zero-order valence-electron chi connectivity index (χ0n) is 13.1. The van der Waals surface area contributed by atoms with Gasteiger partial charge in [-0.25, -0.2) is 0 Å². The fraction of sp³-hybridized carbons (Fsp3) is 0.571. The van der Waals surface area contributed by atoms with Gasteiger partial charge in [0.1, 0.15) is 0 Å². The van der Waals surface area contributed by atoms with E-state index in [9.17, 15) is 16.8 Å². The van der Waals surface area contributed by atoms with Crippen LogP contribution in [0.4, 0.5) is 0 Å². The first-order chi connectivity index (χ1) is 10.3. The van der Waals surface area contributed by atoms with Crippen LogP contribution in [0, 0.1) is 0 Å². The van der Waals surface area contributed by atoms with Gasteiger partial charge in [0.15, 0.2) is 0 Å². The van der Waals surface area contributed by atoms with Gasteiger partial charge in [0.2, 0.25) is 0 Å². The molecule has 0 radical (unpaired) electrons. The lowest BCUT2D eigenvalue weighted by molar-refractivity contribution is 0.427. The molecule has 0 heterocycles. The summed E-state index contributed by atoms with van der Waals surface area (Å²) in [6, 6.07) is 0. The summed E-state index contributed by atoms with van der Waals surface area (Å²) < 4.78 is 51.7. The van der Waals surface area contributed by atoms with Gasteiger partial charge < -0.3 is 0 Å². The highest BCUT2D eigenvalue weighted by Crippen LogP contribution is 2.17. The zero-order chi connectivity index (χ0) is 17.2. The van der Waals surface area contributed by atoms with Crippen molar-refractivity contribution in [3.63, 3.8) is 0 Å². The van der Waals surface area contributed by atoms with E-state index in [-0.39, 0.29) is 26.2 Å². The SMILES string of the molecule is C=CCN(CC=C)S(=O)(=O)S(=O)(=O)N(CC=C)CCCCC. The summed E-state index contributed by atoms with van der Waals surface area (Å²) in [5.41, 5.74) is 0. The lowest BCUT2D eigenvalue weighted by Crippen LogP contribution is -2.45. The Morgan fingerprint density at radius 2 is 1.18 bits per heavy atom. The third-order valence-corrected chi connectivity index (χ3v) is 8.20. The van der Waals surface area contributed by atoms with Crippen LogP contribution in [0.25, 0.3) is 0 Å². The molecule has 0 aliphatic carbocycles. The van der Waals surface area contributed by atoms with Crippen molar-refractivity contribution < 1.29 is 16.8 Å². The number of hydrogen-bond acceptors (Lipinski definition) is 4. The third-order valence-electron chi connectivity index (χ3n) is 2.91. The Balaban J connectivity index is 5.53. The maximum absolute atomic E-state index is 12.5. The van der Waals surface area contributed by atoms with E-state index >= 15 is 0 Å². The van der Waals surface area contributed by atoms with Crippen LogP contribution in [0.2, 0.25) is 0 Å². The molecule has 0 saturated carbocycles. The van der Waals surface area contributed by atoms with Crippen molar-refractivity contribution in [2.45, 2.75) is 26.2 Å². The first-order valence-electron chi connectivity index (χ1n) is 7.12. The lowest BCUT2D eigenvalue weighted by Gasteiger charge is -2.25. The van der Waals surface area contributed by atoms with Crippen molar-refractivity contribution in [2.75, 3.05) is 26.2 Å². The average molecular weight is 351 g/mol. The molecule has 0 aromatic heterocycles. The van der Waals surface area contributed by atoms with Gasteiger partial charge >= 0.3 is 18.1 Å². The van der Waals surface area contributed by atoms with Gasteiger partial charge in [-0.15, -0.1) is 19.7 Å². The average Bonchev–Trinajstić information content (AvgIpc) is 2.46. The summed E-state index contributed by atoms with van der Waals surface area (Å²) in [6.45, 7) is 12.3. The smallest absolute Gasteiger partial charge is 0.194 e. The quantitative estimate of drug-likeness (QED) is 0.289. The second-order valence-corrected chi connectivity index (χ2v) is 9.93. The molecule has 0 saturated heterocycles. The van der Waals surface area contributed by atoms with E-state index in [0.717, 1.165) is 21.5 Å². The van der Waals surface area contributed by atoms with Crippen LogP contribution in [0.1, 0.15) is 26.2 Å². The van der Waals surface area contributed by atoms with Gasteiger partial charge in [0, 0.05) is 26.2 Å². The second kappa shape index (κ2) is 9.94. The van der Waals surface area contributed by atoms with Crippen molar-refractivity contribution >= 4 is 18.1 Å². The van der Waals surface area contributed by atoms with Crippen molar-refractivity contribution in [1.82, 2.24) is 8.61 Å². The molecule has 8 heteroatoms. The molecule has 0 atom stereocenters. The van der Waals surface area contributed by atoms with E-state index in [1.165, 1.54) is 18.2 Å². The minimum atomic E-state index is -4.54. The molecule has 0 amide bonds. The van der Waals surface area contributed by atoms with Crippen LogP contribution >= 0.6 is 0 Å². The van der Waals surface area contributed by atoms with Gasteiger partial charge in [0.25, 0.3) is 0 Å². The predicted molar refractivity (Wildman–Crippen MR) is 91.1 cm³/mol. The fourth-order valence-corrected chi connectivity index (χ4v) is 5.91. The van der Waals surface area contributed by atoms with Gasteiger partial charge in [-0.2, -0.15) is 25.4 Å². The second-order valence-electron chi connectivity index (χ2n) is 4.66. The maximum atomic E-state index is 12.5. The Morgan fingerprint density at radius 3 is 1.59 bits per heavy atom. The topological polar surface area (TPSA) is 74.8 Å². The van der Waals surface area contributed by atoms with E-state index in [1.54, 1.807) is 0 Å². The first kappa shape index (κ1) is 21.0. The van der Waals surface area contributed by atoms with Gasteiger partial charge in [-0.1, -0.05) is 38.0 Å². The molecule has 0 unspecified atom stereocenters. The highest BCUT2D eigenvalue weighted by molar-refractivity contribution is 8.65. The molecule has 0 rings (SSSR count). The summed E-state index contributed by atoms with van der Waals surface area (Å²) in [5.74, 6) is 0. The molecule has 6 nitrogen and oxygen atoms in total. The number of rotatable bonds is 13. The molecular formula is C14H26N2O4S2. The van der Waals surface area contributed by atoms with Crippen LogP contribution in [0.5, 0.6) is 0 Å². The summed E-state index contributed by atoms with van der Waals surface area (Å²) >= 11 is 0. The van der Waals surface area contributed by atoms with Crippen LogP contribution in [-0.2, 0) is 18.1 Å². The predicted octanol–water partition coefficient (Wildman–Crippen LogP) is 1.91. The van der Waals surface area contributed by atoms with Crippen molar-refractivity contribution in [3.05, 3.63) is 38.0 Å². The van der Waals surface area contributed by atoms with Gasteiger partial charge in [0.05, 0.1) is 0 Å². The largest absolute Gasteiger partial charge is 0.334 e. The van der Waals surface area contributed by atoms with E-state index in [1.807, 2.05) is 6.92 Å². The van der Waals surface area contributed by atoms with Crippen LogP contribution in [0.15, 0.2) is 38.0 Å². The molecule has 0 spiro atoms.